The number of halogens is 1. The molecular weight excluding hydrogens is 284 g/mol. The highest BCUT2D eigenvalue weighted by atomic mass is 35.5. The Morgan fingerprint density at radius 1 is 1.29 bits per heavy atom. The fraction of sp³-hybridized carbons (Fsp3) is 0.588. The summed E-state index contributed by atoms with van der Waals surface area (Å²) in [6.45, 7) is 5.23. The van der Waals surface area contributed by atoms with Crippen LogP contribution in [0.25, 0.3) is 0 Å². The third-order valence-electron chi connectivity index (χ3n) is 4.14. The number of nitrogens with one attached hydrogen (secondary N) is 2. The second kappa shape index (κ2) is 7.69. The van der Waals surface area contributed by atoms with Crippen molar-refractivity contribution < 1.29 is 4.79 Å². The largest absolute Gasteiger partial charge is 0.384 e. The average molecular weight is 309 g/mol. The summed E-state index contributed by atoms with van der Waals surface area (Å²) >= 11 is 6.05. The summed E-state index contributed by atoms with van der Waals surface area (Å²) in [5.41, 5.74) is 1.51. The maximum absolute atomic E-state index is 12.5. The molecule has 2 N–H and O–H groups in total. The number of anilines is 1. The number of rotatable bonds is 5. The van der Waals surface area contributed by atoms with Crippen LogP contribution < -0.4 is 10.6 Å². The lowest BCUT2D eigenvalue weighted by Gasteiger charge is -2.27. The van der Waals surface area contributed by atoms with Gasteiger partial charge in [-0.25, -0.2) is 0 Å². The van der Waals surface area contributed by atoms with Gasteiger partial charge in [0.2, 0.25) is 0 Å². The second-order valence-electron chi connectivity index (χ2n) is 6.05. The molecule has 0 bridgehead atoms. The molecule has 1 aliphatic carbocycles. The maximum atomic E-state index is 12.5. The minimum Gasteiger partial charge on any atom is -0.384 e. The van der Waals surface area contributed by atoms with Crippen LogP contribution >= 0.6 is 11.6 Å². The Labute approximate surface area is 132 Å². The highest BCUT2D eigenvalue weighted by Crippen LogP contribution is 2.25. The van der Waals surface area contributed by atoms with Crippen LogP contribution in [0.4, 0.5) is 5.69 Å². The fourth-order valence-electron chi connectivity index (χ4n) is 2.79. The van der Waals surface area contributed by atoms with E-state index in [1.54, 1.807) is 6.07 Å². The molecule has 21 heavy (non-hydrogen) atoms. The molecule has 1 amide bonds. The Hall–Kier alpha value is -1.22. The van der Waals surface area contributed by atoms with Crippen molar-refractivity contribution in [1.82, 2.24) is 5.32 Å². The predicted molar refractivity (Wildman–Crippen MR) is 89.1 cm³/mol. The molecule has 1 fully saturated rings. The predicted octanol–water partition coefficient (Wildman–Crippen LogP) is 4.47. The molecule has 0 saturated heterocycles. The lowest BCUT2D eigenvalue weighted by molar-refractivity contribution is 0.0924. The molecule has 1 aliphatic rings. The molecule has 0 radical (unpaired) electrons. The van der Waals surface area contributed by atoms with E-state index < -0.39 is 0 Å². The average Bonchev–Trinajstić information content (AvgIpc) is 2.48. The van der Waals surface area contributed by atoms with Crippen molar-refractivity contribution in [3.63, 3.8) is 0 Å². The van der Waals surface area contributed by atoms with Crippen molar-refractivity contribution in [3.8, 4) is 0 Å². The highest BCUT2D eigenvalue weighted by Gasteiger charge is 2.21. The topological polar surface area (TPSA) is 41.1 Å². The van der Waals surface area contributed by atoms with E-state index in [1.165, 1.54) is 12.8 Å². The summed E-state index contributed by atoms with van der Waals surface area (Å²) in [6.07, 6.45) is 5.56. The normalized spacial score (nSPS) is 21.9. The monoisotopic (exact) mass is 308 g/mol. The van der Waals surface area contributed by atoms with Gasteiger partial charge in [-0.1, -0.05) is 25.4 Å². The van der Waals surface area contributed by atoms with Crippen molar-refractivity contribution in [2.45, 2.75) is 52.0 Å². The van der Waals surface area contributed by atoms with E-state index in [1.807, 2.05) is 12.1 Å². The lowest BCUT2D eigenvalue weighted by atomic mass is 9.87. The first kappa shape index (κ1) is 16.2. The SMILES string of the molecule is CCCNc1ccc(Cl)cc1C(=O)NC1CCC(C)CC1. The molecule has 0 aliphatic heterocycles. The van der Waals surface area contributed by atoms with Gasteiger partial charge in [-0.3, -0.25) is 4.79 Å². The van der Waals surface area contributed by atoms with Crippen molar-refractivity contribution in [1.29, 1.82) is 0 Å². The van der Waals surface area contributed by atoms with E-state index in [0.717, 1.165) is 37.4 Å². The number of carbonyl (C=O) groups excluding carboxylic acids is 1. The minimum absolute atomic E-state index is 0.0179. The molecule has 0 atom stereocenters. The van der Waals surface area contributed by atoms with Gasteiger partial charge in [0.25, 0.3) is 5.91 Å². The van der Waals surface area contributed by atoms with Crippen molar-refractivity contribution in [2.75, 3.05) is 11.9 Å². The molecule has 1 aromatic rings. The van der Waals surface area contributed by atoms with E-state index >= 15 is 0 Å². The zero-order chi connectivity index (χ0) is 15.2. The van der Waals surface area contributed by atoms with Crippen LogP contribution in [0, 0.1) is 5.92 Å². The van der Waals surface area contributed by atoms with Gasteiger partial charge in [0.15, 0.2) is 0 Å². The van der Waals surface area contributed by atoms with Gasteiger partial charge in [-0.05, 0) is 56.2 Å². The van der Waals surface area contributed by atoms with Gasteiger partial charge < -0.3 is 10.6 Å². The summed E-state index contributed by atoms with van der Waals surface area (Å²) in [5.74, 6) is 0.766. The van der Waals surface area contributed by atoms with Gasteiger partial charge >= 0.3 is 0 Å². The van der Waals surface area contributed by atoms with Crippen LogP contribution in [0.2, 0.25) is 5.02 Å². The number of hydrogen-bond donors (Lipinski definition) is 2. The summed E-state index contributed by atoms with van der Waals surface area (Å²) in [4.78, 5) is 12.5. The third kappa shape index (κ3) is 4.63. The van der Waals surface area contributed by atoms with E-state index in [9.17, 15) is 4.79 Å². The summed E-state index contributed by atoms with van der Waals surface area (Å²) in [6, 6.07) is 5.75. The van der Waals surface area contributed by atoms with Gasteiger partial charge in [-0.2, -0.15) is 0 Å². The number of benzene rings is 1. The first-order valence-corrected chi connectivity index (χ1v) is 8.32. The van der Waals surface area contributed by atoms with E-state index in [2.05, 4.69) is 24.5 Å². The lowest BCUT2D eigenvalue weighted by Crippen LogP contribution is -2.37. The Morgan fingerprint density at radius 2 is 2.00 bits per heavy atom. The molecule has 0 heterocycles. The van der Waals surface area contributed by atoms with Gasteiger partial charge in [0.05, 0.1) is 5.56 Å². The van der Waals surface area contributed by atoms with Crippen LogP contribution in [0.1, 0.15) is 56.3 Å². The van der Waals surface area contributed by atoms with Gasteiger partial charge in [0, 0.05) is 23.3 Å². The van der Waals surface area contributed by atoms with Crippen LogP contribution in [0.15, 0.2) is 18.2 Å². The standard InChI is InChI=1S/C17H25ClN2O/c1-3-10-19-16-9-6-13(18)11-15(16)17(21)20-14-7-4-12(2)5-8-14/h6,9,11-12,14,19H,3-5,7-8,10H2,1-2H3,(H,20,21). The highest BCUT2D eigenvalue weighted by molar-refractivity contribution is 6.31. The number of carbonyl (C=O) groups is 1. The number of amides is 1. The van der Waals surface area contributed by atoms with Crippen LogP contribution in [-0.4, -0.2) is 18.5 Å². The number of hydrogen-bond acceptors (Lipinski definition) is 2. The minimum atomic E-state index is -0.0179. The Balaban J connectivity index is 2.05. The van der Waals surface area contributed by atoms with Crippen LogP contribution in [0.5, 0.6) is 0 Å². The second-order valence-corrected chi connectivity index (χ2v) is 6.48. The molecule has 1 aromatic carbocycles. The quantitative estimate of drug-likeness (QED) is 0.842. The zero-order valence-corrected chi connectivity index (χ0v) is 13.7. The molecule has 1 saturated carbocycles. The molecule has 116 valence electrons. The Morgan fingerprint density at radius 3 is 2.67 bits per heavy atom. The van der Waals surface area contributed by atoms with Crippen LogP contribution in [0.3, 0.4) is 0 Å². The molecule has 0 spiro atoms. The fourth-order valence-corrected chi connectivity index (χ4v) is 2.96. The van der Waals surface area contributed by atoms with E-state index in [0.29, 0.717) is 16.6 Å². The first-order chi connectivity index (χ1) is 10.1. The molecule has 3 nitrogen and oxygen atoms in total. The van der Waals surface area contributed by atoms with Crippen molar-refractivity contribution in [3.05, 3.63) is 28.8 Å². The molecule has 0 aromatic heterocycles. The Bertz CT molecular complexity index is 482. The zero-order valence-electron chi connectivity index (χ0n) is 12.9. The van der Waals surface area contributed by atoms with Crippen molar-refractivity contribution in [2.24, 2.45) is 5.92 Å². The summed E-state index contributed by atoms with van der Waals surface area (Å²) in [7, 11) is 0. The first-order valence-electron chi connectivity index (χ1n) is 7.94. The molecular formula is C17H25ClN2O. The third-order valence-corrected chi connectivity index (χ3v) is 4.38. The smallest absolute Gasteiger partial charge is 0.253 e. The molecule has 0 unspecified atom stereocenters. The summed E-state index contributed by atoms with van der Waals surface area (Å²) in [5, 5.41) is 7.05. The van der Waals surface area contributed by atoms with E-state index in [-0.39, 0.29) is 5.91 Å². The molecule has 2 rings (SSSR count). The Kier molecular flexibility index (Phi) is 5.92. The van der Waals surface area contributed by atoms with Gasteiger partial charge in [0.1, 0.15) is 0 Å². The van der Waals surface area contributed by atoms with Gasteiger partial charge in [-0.15, -0.1) is 0 Å². The van der Waals surface area contributed by atoms with Crippen molar-refractivity contribution >= 4 is 23.2 Å². The van der Waals surface area contributed by atoms with E-state index in [4.69, 9.17) is 11.6 Å². The molecule has 4 heteroatoms. The maximum Gasteiger partial charge on any atom is 0.253 e. The van der Waals surface area contributed by atoms with Crippen LogP contribution in [-0.2, 0) is 0 Å². The summed E-state index contributed by atoms with van der Waals surface area (Å²) < 4.78 is 0.